The number of nitrogens with zero attached hydrogens (tertiary/aromatic N) is 2. The molecule has 0 unspecified atom stereocenters. The minimum Gasteiger partial charge on any atom is -0.359 e. The lowest BCUT2D eigenvalue weighted by Gasteiger charge is -2.16. The number of likely N-dealkylation sites (tertiary alicyclic amines) is 1. The van der Waals surface area contributed by atoms with Crippen molar-refractivity contribution < 1.29 is 18.9 Å². The van der Waals surface area contributed by atoms with Gasteiger partial charge >= 0.3 is 0 Å². The van der Waals surface area contributed by atoms with Crippen molar-refractivity contribution in [2.75, 3.05) is 0 Å². The van der Waals surface area contributed by atoms with Gasteiger partial charge in [-0.05, 0) is 12.8 Å². The smallest absolute Gasteiger partial charge is 0.287 e. The van der Waals surface area contributed by atoms with E-state index >= 15 is 0 Å². The van der Waals surface area contributed by atoms with Gasteiger partial charge < -0.3 is 4.52 Å². The Labute approximate surface area is 108 Å². The van der Waals surface area contributed by atoms with Crippen LogP contribution in [0, 0.1) is 0 Å². The molecule has 0 radical (unpaired) electrons. The van der Waals surface area contributed by atoms with Gasteiger partial charge in [-0.25, -0.2) is 5.84 Å². The minimum atomic E-state index is -0.594. The van der Waals surface area contributed by atoms with Crippen molar-refractivity contribution in [2.24, 2.45) is 5.84 Å². The number of hydrogen-bond donors (Lipinski definition) is 2. The quantitative estimate of drug-likeness (QED) is 0.336. The number of nitrogens with one attached hydrogen (secondary N) is 1. The van der Waals surface area contributed by atoms with Crippen LogP contribution in [0.5, 0.6) is 0 Å². The van der Waals surface area contributed by atoms with E-state index in [1.54, 1.807) is 0 Å². The number of carbonyl (C=O) groups is 3. The highest BCUT2D eigenvalue weighted by atomic mass is 16.5. The van der Waals surface area contributed by atoms with Crippen LogP contribution in [0.3, 0.4) is 0 Å². The number of imide groups is 1. The van der Waals surface area contributed by atoms with Gasteiger partial charge in [-0.3, -0.25) is 24.7 Å². The molecule has 102 valence electrons. The Morgan fingerprint density at radius 1 is 1.37 bits per heavy atom. The van der Waals surface area contributed by atoms with Crippen molar-refractivity contribution in [3.63, 3.8) is 0 Å². The molecule has 0 saturated carbocycles. The second kappa shape index (κ2) is 5.61. The monoisotopic (exact) mass is 266 g/mol. The maximum absolute atomic E-state index is 11.8. The van der Waals surface area contributed by atoms with Crippen molar-refractivity contribution >= 4 is 17.7 Å². The lowest BCUT2D eigenvalue weighted by molar-refractivity contribution is -0.144. The molecule has 1 saturated heterocycles. The van der Waals surface area contributed by atoms with Crippen LogP contribution in [0.1, 0.15) is 41.9 Å². The fourth-order valence-corrected chi connectivity index (χ4v) is 1.86. The first kappa shape index (κ1) is 13.2. The van der Waals surface area contributed by atoms with Gasteiger partial charge in [-0.1, -0.05) is 5.16 Å². The Morgan fingerprint density at radius 2 is 2.00 bits per heavy atom. The number of aromatic nitrogens is 1. The molecule has 1 fully saturated rings. The first-order valence-electron chi connectivity index (χ1n) is 5.91. The summed E-state index contributed by atoms with van der Waals surface area (Å²) in [6.45, 7) is -0.0114. The van der Waals surface area contributed by atoms with Gasteiger partial charge in [0.25, 0.3) is 5.91 Å². The van der Waals surface area contributed by atoms with E-state index in [2.05, 4.69) is 5.16 Å². The summed E-state index contributed by atoms with van der Waals surface area (Å²) in [6.07, 6.45) is 2.10. The molecular weight excluding hydrogens is 252 g/mol. The van der Waals surface area contributed by atoms with Gasteiger partial charge in [0.05, 0.1) is 6.54 Å². The zero-order valence-corrected chi connectivity index (χ0v) is 10.2. The zero-order valence-electron chi connectivity index (χ0n) is 10.2. The minimum absolute atomic E-state index is 0.00669. The Kier molecular flexibility index (Phi) is 3.91. The summed E-state index contributed by atoms with van der Waals surface area (Å²) in [6, 6.07) is 1.35. The lowest BCUT2D eigenvalue weighted by Crippen LogP contribution is -2.34. The topological polar surface area (TPSA) is 119 Å². The fraction of sp³-hybridized carbons (Fsp3) is 0.455. The van der Waals surface area contributed by atoms with Crippen molar-refractivity contribution in [3.05, 3.63) is 17.5 Å². The SMILES string of the molecule is NNC(=O)c1cc(CN2C(=O)CCCCC2=O)on1. The molecule has 0 spiro atoms. The maximum Gasteiger partial charge on any atom is 0.287 e. The van der Waals surface area contributed by atoms with Gasteiger partial charge in [-0.2, -0.15) is 0 Å². The highest BCUT2D eigenvalue weighted by molar-refractivity contribution is 5.96. The molecule has 19 heavy (non-hydrogen) atoms. The molecular formula is C11H14N4O4. The molecule has 2 heterocycles. The largest absolute Gasteiger partial charge is 0.359 e. The third-order valence-electron chi connectivity index (χ3n) is 2.87. The summed E-state index contributed by atoms with van der Waals surface area (Å²) in [5, 5.41) is 3.51. The van der Waals surface area contributed by atoms with Gasteiger partial charge in [0.2, 0.25) is 11.8 Å². The van der Waals surface area contributed by atoms with Crippen LogP contribution in [0.4, 0.5) is 0 Å². The Morgan fingerprint density at radius 3 is 2.58 bits per heavy atom. The normalized spacial score (nSPS) is 16.4. The van der Waals surface area contributed by atoms with Gasteiger partial charge in [0, 0.05) is 18.9 Å². The molecule has 8 nitrogen and oxygen atoms in total. The number of carbonyl (C=O) groups excluding carboxylic acids is 3. The van der Waals surface area contributed by atoms with Crippen LogP contribution in [-0.4, -0.2) is 27.8 Å². The average Bonchev–Trinajstić information content (AvgIpc) is 2.82. The first-order chi connectivity index (χ1) is 9.11. The van der Waals surface area contributed by atoms with E-state index in [9.17, 15) is 14.4 Å². The van der Waals surface area contributed by atoms with E-state index in [0.29, 0.717) is 25.7 Å². The summed E-state index contributed by atoms with van der Waals surface area (Å²) in [7, 11) is 0. The summed E-state index contributed by atoms with van der Waals surface area (Å²) >= 11 is 0. The number of hydrogen-bond acceptors (Lipinski definition) is 6. The molecule has 1 aliphatic rings. The van der Waals surface area contributed by atoms with Crippen molar-refractivity contribution in [1.29, 1.82) is 0 Å². The molecule has 0 bridgehead atoms. The van der Waals surface area contributed by atoms with Gasteiger partial charge in [-0.15, -0.1) is 0 Å². The number of nitrogen functional groups attached to an aromatic ring is 1. The van der Waals surface area contributed by atoms with Crippen LogP contribution in [-0.2, 0) is 16.1 Å². The van der Waals surface area contributed by atoms with Crippen LogP contribution in [0.25, 0.3) is 0 Å². The average molecular weight is 266 g/mol. The summed E-state index contributed by atoms with van der Waals surface area (Å²) in [5.41, 5.74) is 1.92. The first-order valence-corrected chi connectivity index (χ1v) is 5.91. The number of nitrogens with two attached hydrogens (primary N) is 1. The van der Waals surface area contributed by atoms with E-state index in [4.69, 9.17) is 10.4 Å². The van der Waals surface area contributed by atoms with Gasteiger partial charge in [0.15, 0.2) is 11.5 Å². The molecule has 1 aromatic rings. The number of amides is 3. The number of hydrazine groups is 1. The van der Waals surface area contributed by atoms with E-state index in [1.807, 2.05) is 5.43 Å². The lowest BCUT2D eigenvalue weighted by atomic mass is 10.2. The molecule has 3 amide bonds. The summed E-state index contributed by atoms with van der Waals surface area (Å²) < 4.78 is 4.92. The van der Waals surface area contributed by atoms with Crippen LogP contribution < -0.4 is 11.3 Å². The molecule has 8 heteroatoms. The van der Waals surface area contributed by atoms with Crippen LogP contribution in [0.2, 0.25) is 0 Å². The van der Waals surface area contributed by atoms with Crippen LogP contribution >= 0.6 is 0 Å². The van der Waals surface area contributed by atoms with E-state index in [-0.39, 0.29) is 29.8 Å². The number of rotatable bonds is 3. The highest BCUT2D eigenvalue weighted by Crippen LogP contribution is 2.16. The third-order valence-corrected chi connectivity index (χ3v) is 2.87. The van der Waals surface area contributed by atoms with Crippen molar-refractivity contribution in [2.45, 2.75) is 32.2 Å². The molecule has 0 atom stereocenters. The Balaban J connectivity index is 2.10. The van der Waals surface area contributed by atoms with E-state index in [0.717, 1.165) is 4.90 Å². The maximum atomic E-state index is 11.8. The molecule has 0 aliphatic carbocycles. The Bertz CT molecular complexity index is 493. The predicted octanol–water partition coefficient (Wildman–Crippen LogP) is -0.293. The Hall–Kier alpha value is -2.22. The highest BCUT2D eigenvalue weighted by Gasteiger charge is 2.25. The standard InChI is InChI=1S/C11H14N4O4/c12-13-11(18)8-5-7(19-14-8)6-15-9(16)3-1-2-4-10(15)17/h5H,1-4,6,12H2,(H,13,18). The molecule has 0 aromatic carbocycles. The summed E-state index contributed by atoms with van der Waals surface area (Å²) in [5.74, 6) is 4.17. The summed E-state index contributed by atoms with van der Waals surface area (Å²) in [4.78, 5) is 35.9. The van der Waals surface area contributed by atoms with Crippen molar-refractivity contribution in [1.82, 2.24) is 15.5 Å². The fourth-order valence-electron chi connectivity index (χ4n) is 1.86. The van der Waals surface area contributed by atoms with Crippen LogP contribution in [0.15, 0.2) is 10.6 Å². The van der Waals surface area contributed by atoms with Crippen molar-refractivity contribution in [3.8, 4) is 0 Å². The third kappa shape index (κ3) is 2.97. The second-order valence-corrected chi connectivity index (χ2v) is 4.23. The predicted molar refractivity (Wildman–Crippen MR) is 62.2 cm³/mol. The van der Waals surface area contributed by atoms with E-state index in [1.165, 1.54) is 6.07 Å². The van der Waals surface area contributed by atoms with Gasteiger partial charge in [0.1, 0.15) is 0 Å². The molecule has 2 rings (SSSR count). The zero-order chi connectivity index (χ0) is 13.8. The molecule has 1 aromatic heterocycles. The molecule has 3 N–H and O–H groups in total. The second-order valence-electron chi connectivity index (χ2n) is 4.23. The van der Waals surface area contributed by atoms with E-state index < -0.39 is 5.91 Å². The molecule has 1 aliphatic heterocycles.